The summed E-state index contributed by atoms with van der Waals surface area (Å²) in [5.41, 5.74) is 4.90. The number of aromatic nitrogens is 1. The first-order valence-corrected chi connectivity index (χ1v) is 7.70. The van der Waals surface area contributed by atoms with Crippen molar-refractivity contribution in [2.24, 2.45) is 10.9 Å². The van der Waals surface area contributed by atoms with Crippen LogP contribution < -0.4 is 11.1 Å². The van der Waals surface area contributed by atoms with Crippen LogP contribution in [0, 0.1) is 0 Å². The quantitative estimate of drug-likeness (QED) is 0.798. The van der Waals surface area contributed by atoms with Crippen molar-refractivity contribution in [2.75, 3.05) is 20.3 Å². The number of primary amides is 1. The molecule has 1 aliphatic heterocycles. The molecule has 0 radical (unpaired) electrons. The van der Waals surface area contributed by atoms with Gasteiger partial charge in [-0.1, -0.05) is 29.4 Å². The Hall–Kier alpha value is -3.00. The highest BCUT2D eigenvalue weighted by molar-refractivity contribution is 6.06. The Morgan fingerprint density at radius 1 is 1.36 bits per heavy atom. The lowest BCUT2D eigenvalue weighted by Gasteiger charge is -2.21. The summed E-state index contributed by atoms with van der Waals surface area (Å²) in [4.78, 5) is 33.4. The molecule has 1 atom stereocenters. The second-order valence-electron chi connectivity index (χ2n) is 5.78. The minimum absolute atomic E-state index is 0.00580. The van der Waals surface area contributed by atoms with Crippen molar-refractivity contribution in [2.45, 2.75) is 12.0 Å². The Bertz CT molecular complexity index is 846. The number of ether oxygens (including phenoxy) is 1. The normalized spacial score (nSPS) is 19.3. The van der Waals surface area contributed by atoms with Crippen LogP contribution in [0.2, 0.25) is 0 Å². The topological polar surface area (TPSA) is 116 Å². The average molecular weight is 342 g/mol. The monoisotopic (exact) mass is 342 g/mol. The van der Waals surface area contributed by atoms with Crippen LogP contribution in [0.15, 0.2) is 41.7 Å². The molecule has 8 nitrogen and oxygen atoms in total. The zero-order valence-corrected chi connectivity index (χ0v) is 13.7. The summed E-state index contributed by atoms with van der Waals surface area (Å²) in [6, 6.07) is 9.33. The van der Waals surface area contributed by atoms with Crippen LogP contribution >= 0.6 is 0 Å². The predicted octanol–water partition coefficient (Wildman–Crippen LogP) is 0.611. The lowest BCUT2D eigenvalue weighted by atomic mass is 9.97. The second kappa shape index (κ2) is 6.86. The maximum Gasteiger partial charge on any atom is 0.270 e. The molecule has 2 amide bonds. The predicted molar refractivity (Wildman–Crippen MR) is 91.0 cm³/mol. The number of pyridine rings is 1. The van der Waals surface area contributed by atoms with E-state index in [1.165, 1.54) is 7.11 Å². The maximum atomic E-state index is 12.5. The number of amides is 2. The molecular formula is C17H18N4O4. The van der Waals surface area contributed by atoms with Crippen molar-refractivity contribution in [3.8, 4) is 0 Å². The highest BCUT2D eigenvalue weighted by Gasteiger charge is 2.45. The van der Waals surface area contributed by atoms with Gasteiger partial charge in [0.25, 0.3) is 11.8 Å². The number of fused-ring (bicyclic) bond motifs is 1. The standard InChI is InChI=1S/C17H18N4O4/c1-24-10-17(16(18)23)8-12(21-25-17)9-20-15(22)14-13-5-3-2-4-11(13)6-7-19-14/h2-7H,8-10H2,1H3,(H2,18,23)(H,20,22). The number of hydrogen-bond donors (Lipinski definition) is 2. The molecule has 0 aliphatic carbocycles. The molecule has 130 valence electrons. The zero-order valence-electron chi connectivity index (χ0n) is 13.7. The minimum atomic E-state index is -1.31. The lowest BCUT2D eigenvalue weighted by molar-refractivity contribution is -0.147. The van der Waals surface area contributed by atoms with Crippen molar-refractivity contribution < 1.29 is 19.2 Å². The summed E-state index contributed by atoms with van der Waals surface area (Å²) >= 11 is 0. The van der Waals surface area contributed by atoms with Crippen LogP contribution in [-0.4, -0.2) is 48.4 Å². The fourth-order valence-electron chi connectivity index (χ4n) is 2.72. The second-order valence-corrected chi connectivity index (χ2v) is 5.78. The summed E-state index contributed by atoms with van der Waals surface area (Å²) in [6.07, 6.45) is 1.75. The fraction of sp³-hybridized carbons (Fsp3) is 0.294. The van der Waals surface area contributed by atoms with E-state index in [1.54, 1.807) is 6.20 Å². The SMILES string of the molecule is COCC1(C(N)=O)CC(CNC(=O)c2nccc3ccccc23)=NO1. The number of nitrogens with two attached hydrogens (primary N) is 1. The molecule has 1 aliphatic rings. The van der Waals surface area contributed by atoms with E-state index in [0.717, 1.165) is 10.8 Å². The van der Waals surface area contributed by atoms with E-state index < -0.39 is 11.5 Å². The van der Waals surface area contributed by atoms with Gasteiger partial charge >= 0.3 is 0 Å². The smallest absolute Gasteiger partial charge is 0.270 e. The van der Waals surface area contributed by atoms with Crippen molar-refractivity contribution in [3.05, 3.63) is 42.2 Å². The average Bonchev–Trinajstić information content (AvgIpc) is 3.04. The minimum Gasteiger partial charge on any atom is -0.380 e. The fourth-order valence-corrected chi connectivity index (χ4v) is 2.72. The number of carbonyl (C=O) groups is 2. The summed E-state index contributed by atoms with van der Waals surface area (Å²) < 4.78 is 4.99. The largest absolute Gasteiger partial charge is 0.380 e. The van der Waals surface area contributed by atoms with Crippen LogP contribution in [0.25, 0.3) is 10.8 Å². The van der Waals surface area contributed by atoms with Crippen LogP contribution in [0.3, 0.4) is 0 Å². The number of oxime groups is 1. The van der Waals surface area contributed by atoms with Gasteiger partial charge < -0.3 is 20.6 Å². The van der Waals surface area contributed by atoms with Crippen molar-refractivity contribution in [1.29, 1.82) is 0 Å². The molecule has 0 fully saturated rings. The summed E-state index contributed by atoms with van der Waals surface area (Å²) in [5.74, 6) is -0.988. The molecule has 25 heavy (non-hydrogen) atoms. The van der Waals surface area contributed by atoms with E-state index in [9.17, 15) is 9.59 Å². The summed E-state index contributed by atoms with van der Waals surface area (Å²) in [6.45, 7) is 0.122. The van der Waals surface area contributed by atoms with E-state index in [1.807, 2.05) is 30.3 Å². The molecule has 2 heterocycles. The van der Waals surface area contributed by atoms with Crippen LogP contribution in [0.5, 0.6) is 0 Å². The highest BCUT2D eigenvalue weighted by atomic mass is 16.7. The van der Waals surface area contributed by atoms with Gasteiger partial charge in [-0.05, 0) is 11.5 Å². The third-order valence-corrected chi connectivity index (χ3v) is 4.01. The van der Waals surface area contributed by atoms with E-state index in [4.69, 9.17) is 15.3 Å². The van der Waals surface area contributed by atoms with Gasteiger partial charge in [-0.25, -0.2) is 0 Å². The lowest BCUT2D eigenvalue weighted by Crippen LogP contribution is -2.48. The molecule has 2 aromatic rings. The third-order valence-electron chi connectivity index (χ3n) is 4.01. The number of rotatable bonds is 6. The Morgan fingerprint density at radius 2 is 2.16 bits per heavy atom. The maximum absolute atomic E-state index is 12.5. The van der Waals surface area contributed by atoms with Gasteiger partial charge in [-0.15, -0.1) is 0 Å². The Balaban J connectivity index is 1.68. The molecule has 1 aromatic carbocycles. The molecule has 1 aromatic heterocycles. The van der Waals surface area contributed by atoms with E-state index >= 15 is 0 Å². The first-order valence-electron chi connectivity index (χ1n) is 7.70. The number of nitrogens with one attached hydrogen (secondary N) is 1. The van der Waals surface area contributed by atoms with E-state index in [0.29, 0.717) is 11.4 Å². The molecule has 1 unspecified atom stereocenters. The molecule has 8 heteroatoms. The van der Waals surface area contributed by atoms with Crippen molar-refractivity contribution in [3.63, 3.8) is 0 Å². The first-order chi connectivity index (χ1) is 12.1. The van der Waals surface area contributed by atoms with E-state index in [-0.39, 0.29) is 25.5 Å². The molecule has 3 N–H and O–H groups in total. The Morgan fingerprint density at radius 3 is 2.92 bits per heavy atom. The number of hydrogen-bond acceptors (Lipinski definition) is 6. The summed E-state index contributed by atoms with van der Waals surface area (Å²) in [7, 11) is 1.44. The third kappa shape index (κ3) is 3.29. The van der Waals surface area contributed by atoms with Gasteiger partial charge in [-0.3, -0.25) is 14.6 Å². The number of benzene rings is 1. The Kier molecular flexibility index (Phi) is 4.62. The van der Waals surface area contributed by atoms with Crippen LogP contribution in [0.4, 0.5) is 0 Å². The first kappa shape index (κ1) is 16.8. The van der Waals surface area contributed by atoms with Gasteiger partial charge in [0.15, 0.2) is 0 Å². The van der Waals surface area contributed by atoms with Crippen LogP contribution in [-0.2, 0) is 14.4 Å². The van der Waals surface area contributed by atoms with Crippen molar-refractivity contribution in [1.82, 2.24) is 10.3 Å². The Labute approximate surface area is 144 Å². The number of nitrogens with zero attached hydrogens (tertiary/aromatic N) is 2. The van der Waals surface area contributed by atoms with Gasteiger partial charge in [0.1, 0.15) is 5.69 Å². The molecule has 3 rings (SSSR count). The molecular weight excluding hydrogens is 324 g/mol. The molecule has 0 saturated carbocycles. The van der Waals surface area contributed by atoms with E-state index in [2.05, 4.69) is 15.5 Å². The van der Waals surface area contributed by atoms with Gasteiger partial charge in [0.05, 0.1) is 18.9 Å². The van der Waals surface area contributed by atoms with Crippen LogP contribution in [0.1, 0.15) is 16.9 Å². The highest BCUT2D eigenvalue weighted by Crippen LogP contribution is 2.24. The van der Waals surface area contributed by atoms with Gasteiger partial charge in [-0.2, -0.15) is 0 Å². The van der Waals surface area contributed by atoms with Gasteiger partial charge in [0.2, 0.25) is 5.60 Å². The molecule has 0 spiro atoms. The zero-order chi connectivity index (χ0) is 17.9. The summed E-state index contributed by atoms with van der Waals surface area (Å²) in [5, 5.41) is 8.29. The number of methoxy groups -OCH3 is 1. The van der Waals surface area contributed by atoms with Crippen molar-refractivity contribution >= 4 is 28.3 Å². The van der Waals surface area contributed by atoms with Gasteiger partial charge in [0, 0.05) is 25.1 Å². The number of carbonyl (C=O) groups excluding carboxylic acids is 2. The molecule has 0 bridgehead atoms. The molecule has 0 saturated heterocycles.